The summed E-state index contributed by atoms with van der Waals surface area (Å²) in [5.41, 5.74) is 0.205. The molecule has 1 aromatic carbocycles. The molecule has 1 aliphatic rings. The number of piperazine rings is 1. The molecular weight excluding hydrogens is 335 g/mol. The van der Waals surface area contributed by atoms with Crippen LogP contribution in [-0.4, -0.2) is 37.3 Å². The molecule has 116 valence electrons. The van der Waals surface area contributed by atoms with Gasteiger partial charge in [0.1, 0.15) is 6.04 Å². The van der Waals surface area contributed by atoms with Crippen LogP contribution in [0, 0.1) is 0 Å². The van der Waals surface area contributed by atoms with Crippen LogP contribution < -0.4 is 5.32 Å². The van der Waals surface area contributed by atoms with E-state index in [2.05, 4.69) is 5.32 Å². The maximum Gasteiger partial charge on any atom is 0.408 e. The molecule has 0 unspecified atom stereocenters. The molecule has 1 atom stereocenters. The van der Waals surface area contributed by atoms with Crippen LogP contribution in [-0.2, 0) is 0 Å². The first-order valence-electron chi connectivity index (χ1n) is 5.75. The van der Waals surface area contributed by atoms with Crippen molar-refractivity contribution in [2.45, 2.75) is 12.2 Å². The lowest BCUT2D eigenvalue weighted by Crippen LogP contribution is -2.49. The number of hydrogen-bond donors (Lipinski definition) is 1. The monoisotopic (exact) mass is 350 g/mol. The van der Waals surface area contributed by atoms with Crippen molar-refractivity contribution in [2.75, 3.05) is 26.2 Å². The summed E-state index contributed by atoms with van der Waals surface area (Å²) in [7, 11) is 0. The smallest absolute Gasteiger partial charge is 0.314 e. The van der Waals surface area contributed by atoms with Crippen molar-refractivity contribution in [3.8, 4) is 0 Å². The Morgan fingerprint density at radius 2 is 1.75 bits per heavy atom. The number of alkyl halides is 3. The molecule has 2 rings (SSSR count). The van der Waals surface area contributed by atoms with Crippen LogP contribution >= 0.6 is 36.4 Å². The van der Waals surface area contributed by atoms with Gasteiger partial charge in [-0.05, 0) is 17.7 Å². The van der Waals surface area contributed by atoms with Crippen molar-refractivity contribution in [2.24, 2.45) is 0 Å². The van der Waals surface area contributed by atoms with E-state index in [-0.39, 0.29) is 30.4 Å². The van der Waals surface area contributed by atoms with E-state index in [1.807, 2.05) is 0 Å². The molecule has 1 aliphatic heterocycles. The minimum atomic E-state index is -4.29. The van der Waals surface area contributed by atoms with Crippen LogP contribution in [0.5, 0.6) is 0 Å². The number of benzene rings is 1. The van der Waals surface area contributed by atoms with Crippen molar-refractivity contribution >= 4 is 36.4 Å². The lowest BCUT2D eigenvalue weighted by molar-refractivity contribution is -0.187. The zero-order chi connectivity index (χ0) is 13.2. The Morgan fingerprint density at radius 3 is 2.25 bits per heavy atom. The first kappa shape index (κ1) is 19.8. The van der Waals surface area contributed by atoms with E-state index in [0.717, 1.165) is 0 Å². The average molecular weight is 352 g/mol. The molecule has 1 heterocycles. The van der Waals surface area contributed by atoms with E-state index in [1.54, 1.807) is 12.1 Å². The maximum absolute atomic E-state index is 13.2. The second-order valence-electron chi connectivity index (χ2n) is 4.29. The Labute approximate surface area is 133 Å². The third kappa shape index (κ3) is 4.97. The second kappa shape index (κ2) is 8.29. The van der Waals surface area contributed by atoms with Gasteiger partial charge in [-0.25, -0.2) is 0 Å². The molecule has 0 saturated carbocycles. The van der Waals surface area contributed by atoms with Gasteiger partial charge in [-0.2, -0.15) is 13.2 Å². The SMILES string of the molecule is Cl.Cl.FC(F)(F)[C@H](c1cccc(Cl)c1)N1CCNCC1. The summed E-state index contributed by atoms with van der Waals surface area (Å²) >= 11 is 5.78. The maximum atomic E-state index is 13.2. The summed E-state index contributed by atoms with van der Waals surface area (Å²) in [5, 5.41) is 3.38. The third-order valence-corrected chi connectivity index (χ3v) is 3.23. The van der Waals surface area contributed by atoms with Gasteiger partial charge in [0.2, 0.25) is 0 Å². The summed E-state index contributed by atoms with van der Waals surface area (Å²) in [6, 6.07) is 4.43. The minimum Gasteiger partial charge on any atom is -0.314 e. The molecule has 0 aromatic heterocycles. The van der Waals surface area contributed by atoms with Gasteiger partial charge >= 0.3 is 6.18 Å². The predicted octanol–water partition coefficient (Wildman–Crippen LogP) is 3.69. The number of nitrogens with zero attached hydrogens (tertiary/aromatic N) is 1. The van der Waals surface area contributed by atoms with Gasteiger partial charge in [0.05, 0.1) is 0 Å². The molecule has 0 aliphatic carbocycles. The van der Waals surface area contributed by atoms with Crippen molar-refractivity contribution in [1.82, 2.24) is 10.2 Å². The Hall–Kier alpha value is -0.200. The predicted molar refractivity (Wildman–Crippen MR) is 79.2 cm³/mol. The Balaban J connectivity index is 0.00000180. The molecule has 1 saturated heterocycles. The van der Waals surface area contributed by atoms with Crippen LogP contribution in [0.1, 0.15) is 11.6 Å². The summed E-state index contributed by atoms with van der Waals surface area (Å²) < 4.78 is 39.7. The third-order valence-electron chi connectivity index (χ3n) is 2.99. The molecular formula is C12H16Cl3F3N2. The standard InChI is InChI=1S/C12H14ClF3N2.2ClH/c13-10-3-1-2-9(8-10)11(12(14,15)16)18-6-4-17-5-7-18;;/h1-3,8,11,17H,4-7H2;2*1H/t11-;;/m0../s1. The molecule has 20 heavy (non-hydrogen) atoms. The normalized spacial score (nSPS) is 17.8. The fourth-order valence-electron chi connectivity index (χ4n) is 2.22. The fourth-order valence-corrected chi connectivity index (χ4v) is 2.42. The molecule has 0 amide bonds. The number of rotatable bonds is 2. The van der Waals surface area contributed by atoms with Crippen molar-refractivity contribution in [1.29, 1.82) is 0 Å². The minimum absolute atomic E-state index is 0. The summed E-state index contributed by atoms with van der Waals surface area (Å²) in [4.78, 5) is 1.45. The van der Waals surface area contributed by atoms with Gasteiger partial charge in [-0.15, -0.1) is 24.8 Å². The van der Waals surface area contributed by atoms with Gasteiger partial charge in [-0.3, -0.25) is 4.90 Å². The van der Waals surface area contributed by atoms with E-state index in [9.17, 15) is 13.2 Å². The Kier molecular flexibility index (Phi) is 8.21. The first-order valence-corrected chi connectivity index (χ1v) is 6.13. The van der Waals surface area contributed by atoms with E-state index >= 15 is 0 Å². The quantitative estimate of drug-likeness (QED) is 0.874. The molecule has 1 N–H and O–H groups in total. The lowest BCUT2D eigenvalue weighted by Gasteiger charge is -2.36. The Morgan fingerprint density at radius 1 is 1.15 bits per heavy atom. The van der Waals surface area contributed by atoms with Gasteiger partial charge in [-0.1, -0.05) is 23.7 Å². The molecule has 1 fully saturated rings. The fraction of sp³-hybridized carbons (Fsp3) is 0.500. The highest BCUT2D eigenvalue weighted by Gasteiger charge is 2.44. The number of nitrogens with one attached hydrogen (secondary N) is 1. The van der Waals surface area contributed by atoms with Crippen molar-refractivity contribution < 1.29 is 13.2 Å². The van der Waals surface area contributed by atoms with E-state index in [1.165, 1.54) is 17.0 Å². The molecule has 8 heteroatoms. The van der Waals surface area contributed by atoms with Crippen LogP contribution in [0.3, 0.4) is 0 Å². The molecule has 0 spiro atoms. The zero-order valence-electron chi connectivity index (χ0n) is 10.5. The molecule has 2 nitrogen and oxygen atoms in total. The largest absolute Gasteiger partial charge is 0.408 e. The Bertz CT molecular complexity index is 409. The number of hydrogen-bond acceptors (Lipinski definition) is 2. The van der Waals surface area contributed by atoms with E-state index in [0.29, 0.717) is 31.2 Å². The topological polar surface area (TPSA) is 15.3 Å². The van der Waals surface area contributed by atoms with Crippen LogP contribution in [0.15, 0.2) is 24.3 Å². The van der Waals surface area contributed by atoms with Gasteiger partial charge in [0.25, 0.3) is 0 Å². The van der Waals surface area contributed by atoms with Crippen molar-refractivity contribution in [3.63, 3.8) is 0 Å². The van der Waals surface area contributed by atoms with Crippen molar-refractivity contribution in [3.05, 3.63) is 34.9 Å². The molecule has 1 aromatic rings. The highest BCUT2D eigenvalue weighted by Crippen LogP contribution is 2.38. The van der Waals surface area contributed by atoms with Gasteiger partial charge in [0, 0.05) is 31.2 Å². The van der Waals surface area contributed by atoms with Gasteiger partial charge in [0.15, 0.2) is 0 Å². The highest BCUT2D eigenvalue weighted by atomic mass is 35.5. The second-order valence-corrected chi connectivity index (χ2v) is 4.72. The van der Waals surface area contributed by atoms with Crippen LogP contribution in [0.2, 0.25) is 5.02 Å². The van der Waals surface area contributed by atoms with Gasteiger partial charge < -0.3 is 5.32 Å². The summed E-state index contributed by atoms with van der Waals surface area (Å²) in [6.45, 7) is 1.92. The number of halogens is 6. The van der Waals surface area contributed by atoms with E-state index < -0.39 is 12.2 Å². The average Bonchev–Trinajstić information content (AvgIpc) is 2.28. The van der Waals surface area contributed by atoms with Crippen LogP contribution in [0.4, 0.5) is 13.2 Å². The van der Waals surface area contributed by atoms with E-state index in [4.69, 9.17) is 11.6 Å². The first-order chi connectivity index (χ1) is 8.48. The molecule has 0 bridgehead atoms. The van der Waals surface area contributed by atoms with Crippen LogP contribution in [0.25, 0.3) is 0 Å². The zero-order valence-corrected chi connectivity index (χ0v) is 12.9. The lowest BCUT2D eigenvalue weighted by atomic mass is 10.0. The molecule has 0 radical (unpaired) electrons. The highest BCUT2D eigenvalue weighted by molar-refractivity contribution is 6.30. The summed E-state index contributed by atoms with van der Waals surface area (Å²) in [5.74, 6) is 0. The summed E-state index contributed by atoms with van der Waals surface area (Å²) in [6.07, 6.45) is -4.29.